The van der Waals surface area contributed by atoms with Gasteiger partial charge >= 0.3 is 0 Å². The minimum absolute atomic E-state index is 0.217. The maximum atomic E-state index is 12.2. The summed E-state index contributed by atoms with van der Waals surface area (Å²) in [5.74, 6) is 0.281. The zero-order valence-electron chi connectivity index (χ0n) is 14.3. The molecule has 2 N–H and O–H groups in total. The molecule has 1 amide bonds. The number of carbonyl (C=O) groups is 1. The van der Waals surface area contributed by atoms with E-state index in [1.165, 1.54) is 11.4 Å². The van der Waals surface area contributed by atoms with Crippen LogP contribution in [0.1, 0.15) is 10.5 Å². The maximum absolute atomic E-state index is 12.2. The summed E-state index contributed by atoms with van der Waals surface area (Å²) in [5, 5.41) is 10.8. The quantitative estimate of drug-likeness (QED) is 0.778. The molecule has 26 heavy (non-hydrogen) atoms. The molecule has 2 heterocycles. The van der Waals surface area contributed by atoms with Gasteiger partial charge in [0.2, 0.25) is 0 Å². The molecule has 9 nitrogen and oxygen atoms in total. The Balaban J connectivity index is 1.61. The van der Waals surface area contributed by atoms with Crippen molar-refractivity contribution >= 4 is 27.6 Å². The van der Waals surface area contributed by atoms with E-state index in [2.05, 4.69) is 20.2 Å². The fraction of sp³-hybridized carbons (Fsp3) is 0.312. The number of amides is 1. The lowest BCUT2D eigenvalue weighted by molar-refractivity contribution is 0.102. The second-order valence-electron chi connectivity index (χ2n) is 5.69. The van der Waals surface area contributed by atoms with Crippen molar-refractivity contribution in [2.24, 2.45) is 0 Å². The predicted octanol–water partition coefficient (Wildman–Crippen LogP) is 0.315. The first-order valence-electron chi connectivity index (χ1n) is 8.13. The van der Waals surface area contributed by atoms with E-state index in [1.54, 1.807) is 24.3 Å². The van der Waals surface area contributed by atoms with Crippen LogP contribution in [0, 0.1) is 0 Å². The molecule has 1 aromatic heterocycles. The molecule has 3 rings (SSSR count). The van der Waals surface area contributed by atoms with Gasteiger partial charge in [-0.3, -0.25) is 4.79 Å². The first kappa shape index (κ1) is 18.2. The molecule has 0 spiro atoms. The Kier molecular flexibility index (Phi) is 5.45. The third-order valence-electron chi connectivity index (χ3n) is 4.08. The third-order valence-corrected chi connectivity index (χ3v) is 5.64. The highest BCUT2D eigenvalue weighted by atomic mass is 32.2. The molecule has 0 atom stereocenters. The van der Waals surface area contributed by atoms with Crippen molar-refractivity contribution in [3.63, 3.8) is 0 Å². The van der Waals surface area contributed by atoms with Gasteiger partial charge in [0.25, 0.3) is 16.1 Å². The number of hydrogen-bond acceptors (Lipinski definition) is 6. The fourth-order valence-electron chi connectivity index (χ4n) is 2.62. The van der Waals surface area contributed by atoms with Gasteiger partial charge in [0, 0.05) is 38.9 Å². The highest BCUT2D eigenvalue weighted by molar-refractivity contribution is 7.87. The van der Waals surface area contributed by atoms with Crippen LogP contribution in [-0.2, 0) is 10.2 Å². The first-order chi connectivity index (χ1) is 12.5. The van der Waals surface area contributed by atoms with Crippen LogP contribution >= 0.6 is 0 Å². The van der Waals surface area contributed by atoms with Crippen molar-refractivity contribution in [1.29, 1.82) is 0 Å². The number of nitrogens with zero attached hydrogens (tertiary/aromatic N) is 4. The Morgan fingerprint density at radius 3 is 2.27 bits per heavy atom. The van der Waals surface area contributed by atoms with Gasteiger partial charge in [-0.2, -0.15) is 12.7 Å². The molecule has 0 saturated carbocycles. The topological polar surface area (TPSA) is 108 Å². The van der Waals surface area contributed by atoms with Crippen molar-refractivity contribution in [3.8, 4) is 0 Å². The number of carbonyl (C=O) groups excluding carboxylic acids is 1. The number of hydrogen-bond donors (Lipinski definition) is 2. The van der Waals surface area contributed by atoms with E-state index in [0.29, 0.717) is 37.7 Å². The number of aromatic nitrogens is 2. The third kappa shape index (κ3) is 4.15. The average Bonchev–Trinajstić information content (AvgIpc) is 2.69. The highest BCUT2D eigenvalue weighted by Crippen LogP contribution is 2.15. The number of nitrogens with one attached hydrogen (secondary N) is 2. The van der Waals surface area contributed by atoms with Crippen LogP contribution in [0.25, 0.3) is 0 Å². The van der Waals surface area contributed by atoms with Crippen molar-refractivity contribution in [3.05, 3.63) is 48.2 Å². The fourth-order valence-corrected chi connectivity index (χ4v) is 3.52. The average molecular weight is 376 g/mol. The van der Waals surface area contributed by atoms with E-state index in [4.69, 9.17) is 0 Å². The molecule has 1 fully saturated rings. The second kappa shape index (κ2) is 7.77. The summed E-state index contributed by atoms with van der Waals surface area (Å²) in [6.45, 7) is 1.73. The molecule has 1 saturated heterocycles. The summed E-state index contributed by atoms with van der Waals surface area (Å²) in [4.78, 5) is 14.1. The van der Waals surface area contributed by atoms with E-state index >= 15 is 0 Å². The Morgan fingerprint density at radius 2 is 1.69 bits per heavy atom. The number of para-hydroxylation sites is 1. The molecule has 2 aromatic rings. The summed E-state index contributed by atoms with van der Waals surface area (Å²) in [5.41, 5.74) is 0.902. The Morgan fingerprint density at radius 1 is 1.00 bits per heavy atom. The number of benzene rings is 1. The maximum Gasteiger partial charge on any atom is 0.279 e. The van der Waals surface area contributed by atoms with Crippen LogP contribution in [-0.4, -0.2) is 62.1 Å². The highest BCUT2D eigenvalue weighted by Gasteiger charge is 2.26. The second-order valence-corrected chi connectivity index (χ2v) is 7.57. The lowest BCUT2D eigenvalue weighted by Crippen LogP contribution is -2.51. The van der Waals surface area contributed by atoms with Gasteiger partial charge in [-0.05, 0) is 24.3 Å². The summed E-state index contributed by atoms with van der Waals surface area (Å²) in [6.07, 6.45) is 0. The van der Waals surface area contributed by atoms with Gasteiger partial charge in [-0.15, -0.1) is 10.2 Å². The van der Waals surface area contributed by atoms with Crippen LogP contribution < -0.4 is 14.9 Å². The minimum Gasteiger partial charge on any atom is -0.352 e. The van der Waals surface area contributed by atoms with Crippen molar-refractivity contribution < 1.29 is 13.2 Å². The van der Waals surface area contributed by atoms with Crippen LogP contribution in [0.3, 0.4) is 0 Å². The van der Waals surface area contributed by atoms with Crippen molar-refractivity contribution in [2.45, 2.75) is 0 Å². The molecular formula is C16H20N6O3S. The standard InChI is InChI=1S/C16H20N6O3S/c1-17-26(24,25)22-11-9-21(10-12-22)15-8-7-14(19-20-15)16(23)18-13-5-3-2-4-6-13/h2-8,17H,9-12H2,1H3,(H,18,23). The van der Waals surface area contributed by atoms with Gasteiger partial charge < -0.3 is 10.2 Å². The molecule has 1 aromatic carbocycles. The monoisotopic (exact) mass is 376 g/mol. The lowest BCUT2D eigenvalue weighted by Gasteiger charge is -2.34. The molecule has 0 radical (unpaired) electrons. The van der Waals surface area contributed by atoms with E-state index in [9.17, 15) is 13.2 Å². The normalized spacial score (nSPS) is 15.7. The zero-order chi connectivity index (χ0) is 18.6. The summed E-state index contributed by atoms with van der Waals surface area (Å²) >= 11 is 0. The summed E-state index contributed by atoms with van der Waals surface area (Å²) < 4.78 is 27.3. The SMILES string of the molecule is CNS(=O)(=O)N1CCN(c2ccc(C(=O)Nc3ccccc3)nn2)CC1. The van der Waals surface area contributed by atoms with Gasteiger partial charge in [0.1, 0.15) is 0 Å². The van der Waals surface area contributed by atoms with E-state index in [-0.39, 0.29) is 11.6 Å². The Labute approximate surface area is 152 Å². The van der Waals surface area contributed by atoms with Gasteiger partial charge in [0.15, 0.2) is 11.5 Å². The Hall–Kier alpha value is -2.56. The minimum atomic E-state index is -3.41. The summed E-state index contributed by atoms with van der Waals surface area (Å²) in [6, 6.07) is 12.4. The van der Waals surface area contributed by atoms with E-state index in [1.807, 2.05) is 23.1 Å². The predicted molar refractivity (Wildman–Crippen MR) is 98.2 cm³/mol. The van der Waals surface area contributed by atoms with E-state index < -0.39 is 10.2 Å². The van der Waals surface area contributed by atoms with E-state index in [0.717, 1.165) is 0 Å². The Bertz CT molecular complexity index is 849. The van der Waals surface area contributed by atoms with Gasteiger partial charge in [-0.25, -0.2) is 4.72 Å². The molecule has 1 aliphatic heterocycles. The van der Waals surface area contributed by atoms with Gasteiger partial charge in [0.05, 0.1) is 0 Å². The van der Waals surface area contributed by atoms with Crippen LogP contribution in [0.15, 0.2) is 42.5 Å². The van der Waals surface area contributed by atoms with Crippen molar-refractivity contribution in [1.82, 2.24) is 19.2 Å². The summed E-state index contributed by atoms with van der Waals surface area (Å²) in [7, 11) is -2.01. The number of rotatable bonds is 5. The lowest BCUT2D eigenvalue weighted by atomic mass is 10.3. The molecule has 1 aliphatic rings. The van der Waals surface area contributed by atoms with Gasteiger partial charge in [-0.1, -0.05) is 18.2 Å². The smallest absolute Gasteiger partial charge is 0.279 e. The number of piperazine rings is 1. The zero-order valence-corrected chi connectivity index (χ0v) is 15.1. The molecule has 138 valence electrons. The van der Waals surface area contributed by atoms with Crippen molar-refractivity contribution in [2.75, 3.05) is 43.4 Å². The molecule has 0 aliphatic carbocycles. The molecule has 10 heteroatoms. The first-order valence-corrected chi connectivity index (χ1v) is 9.57. The molecule has 0 unspecified atom stereocenters. The molecule has 0 bridgehead atoms. The van der Waals surface area contributed by atoms with Crippen LogP contribution in [0.2, 0.25) is 0 Å². The largest absolute Gasteiger partial charge is 0.352 e. The molecular weight excluding hydrogens is 356 g/mol. The van der Waals surface area contributed by atoms with Crippen LogP contribution in [0.5, 0.6) is 0 Å². The number of anilines is 2. The van der Waals surface area contributed by atoms with Crippen LogP contribution in [0.4, 0.5) is 11.5 Å².